The van der Waals surface area contributed by atoms with Crippen LogP contribution in [0.5, 0.6) is 5.75 Å². The van der Waals surface area contributed by atoms with Crippen molar-refractivity contribution in [1.29, 1.82) is 0 Å². The number of nitrogens with one attached hydrogen (secondary N) is 1. The van der Waals surface area contributed by atoms with Gasteiger partial charge in [-0.25, -0.2) is 4.39 Å². The lowest BCUT2D eigenvalue weighted by atomic mass is 9.94. The van der Waals surface area contributed by atoms with Gasteiger partial charge in [-0.2, -0.15) is 0 Å². The molecule has 5 heteroatoms. The number of aromatic hydroxyl groups is 1. The summed E-state index contributed by atoms with van der Waals surface area (Å²) in [5, 5.41) is 26.2. The molecule has 0 unspecified atom stereocenters. The van der Waals surface area contributed by atoms with Gasteiger partial charge in [0.05, 0.1) is 5.56 Å². The van der Waals surface area contributed by atoms with Crippen LogP contribution >= 0.6 is 11.3 Å². The zero-order chi connectivity index (χ0) is 16.7. The summed E-state index contributed by atoms with van der Waals surface area (Å²) in [4.78, 5) is 0. The lowest BCUT2D eigenvalue weighted by molar-refractivity contribution is 0.469. The second-order valence-corrected chi connectivity index (χ2v) is 6.44. The third-order valence-corrected chi connectivity index (χ3v) is 5.04. The zero-order valence-electron chi connectivity index (χ0n) is 12.6. The second kappa shape index (κ2) is 5.69. The first-order valence-corrected chi connectivity index (χ1v) is 8.35. The van der Waals surface area contributed by atoms with Crippen LogP contribution in [0.4, 0.5) is 9.39 Å². The van der Waals surface area contributed by atoms with Gasteiger partial charge < -0.3 is 15.5 Å². The van der Waals surface area contributed by atoms with Crippen molar-refractivity contribution >= 4 is 27.7 Å². The Morgan fingerprint density at radius 3 is 2.54 bits per heavy atom. The number of aliphatic hydroxyl groups excluding tert-OH is 1. The summed E-state index contributed by atoms with van der Waals surface area (Å²) in [7, 11) is 0. The van der Waals surface area contributed by atoms with Gasteiger partial charge in [-0.05, 0) is 17.7 Å². The maximum absolute atomic E-state index is 14.3. The fourth-order valence-electron chi connectivity index (χ4n) is 2.93. The Morgan fingerprint density at radius 1 is 1.00 bits per heavy atom. The molecule has 0 spiro atoms. The lowest BCUT2D eigenvalue weighted by Gasteiger charge is -2.20. The van der Waals surface area contributed by atoms with E-state index in [1.54, 1.807) is 0 Å². The highest BCUT2D eigenvalue weighted by atomic mass is 32.1. The molecule has 0 bridgehead atoms. The van der Waals surface area contributed by atoms with Crippen LogP contribution in [0.3, 0.4) is 0 Å². The molecule has 24 heavy (non-hydrogen) atoms. The number of aliphatic hydroxyl groups is 1. The third kappa shape index (κ3) is 2.34. The van der Waals surface area contributed by atoms with Crippen molar-refractivity contribution in [3.63, 3.8) is 0 Å². The Balaban J connectivity index is 1.89. The number of rotatable bonds is 2. The number of hydrogen-bond donors (Lipinski definition) is 3. The fourth-order valence-corrected chi connectivity index (χ4v) is 3.89. The maximum atomic E-state index is 14.3. The van der Waals surface area contributed by atoms with Crippen molar-refractivity contribution < 1.29 is 14.6 Å². The molecule has 0 aliphatic carbocycles. The Labute approximate surface area is 142 Å². The molecule has 1 aromatic heterocycles. The van der Waals surface area contributed by atoms with Crippen molar-refractivity contribution in [2.24, 2.45) is 0 Å². The average Bonchev–Trinajstić information content (AvgIpc) is 3.01. The molecule has 1 aliphatic rings. The van der Waals surface area contributed by atoms with Gasteiger partial charge in [0.25, 0.3) is 0 Å². The van der Waals surface area contributed by atoms with E-state index in [9.17, 15) is 14.6 Å². The van der Waals surface area contributed by atoms with Crippen LogP contribution in [0.1, 0.15) is 11.1 Å². The van der Waals surface area contributed by atoms with Gasteiger partial charge in [0.15, 0.2) is 0 Å². The number of hydrogen-bond acceptors (Lipinski definition) is 4. The number of anilines is 1. The molecule has 0 saturated carbocycles. The third-order valence-electron chi connectivity index (χ3n) is 4.10. The van der Waals surface area contributed by atoms with E-state index >= 15 is 0 Å². The van der Waals surface area contributed by atoms with Crippen molar-refractivity contribution in [3.05, 3.63) is 70.9 Å². The van der Waals surface area contributed by atoms with Crippen LogP contribution in [0, 0.1) is 5.82 Å². The van der Waals surface area contributed by atoms with Crippen molar-refractivity contribution in [1.82, 2.24) is 0 Å². The van der Waals surface area contributed by atoms with Crippen LogP contribution < -0.4 is 5.32 Å². The predicted molar refractivity (Wildman–Crippen MR) is 95.8 cm³/mol. The first kappa shape index (κ1) is 14.8. The normalized spacial score (nSPS) is 13.5. The topological polar surface area (TPSA) is 52.5 Å². The molecule has 0 fully saturated rings. The Hall–Kier alpha value is -2.79. The molecule has 0 saturated heterocycles. The van der Waals surface area contributed by atoms with E-state index in [1.165, 1.54) is 23.5 Å². The minimum atomic E-state index is -0.518. The summed E-state index contributed by atoms with van der Waals surface area (Å²) < 4.78 is 14.3. The van der Waals surface area contributed by atoms with Gasteiger partial charge in [0, 0.05) is 34.7 Å². The first-order chi connectivity index (χ1) is 11.6. The lowest BCUT2D eigenvalue weighted by Crippen LogP contribution is -2.12. The molecule has 2 aromatic carbocycles. The molecule has 3 N–H and O–H groups in total. The number of halogens is 1. The smallest absolute Gasteiger partial charge is 0.134 e. The second-order valence-electron chi connectivity index (χ2n) is 5.56. The molecular formula is C19H14FNO2S. The number of phenolic OH excluding ortho intramolecular Hbond substituents is 1. The minimum Gasteiger partial charge on any atom is -0.508 e. The zero-order valence-corrected chi connectivity index (χ0v) is 13.4. The molecule has 0 atom stereocenters. The fraction of sp³-hybridized carbons (Fsp3) is 0.0526. The standard InChI is InChI=1S/C19H14FNO2S/c20-16-8-12(22)6-7-13(16)15-10-24-19-17(15)18(23)14(9-21-19)11-4-2-1-3-5-11/h1-8,10,21-23H,9H2. The predicted octanol–water partition coefficient (Wildman–Crippen LogP) is 5.11. The quantitative estimate of drug-likeness (QED) is 0.608. The Kier molecular flexibility index (Phi) is 3.50. The highest BCUT2D eigenvalue weighted by molar-refractivity contribution is 7.15. The van der Waals surface area contributed by atoms with Gasteiger partial charge in [-0.3, -0.25) is 0 Å². The largest absolute Gasteiger partial charge is 0.508 e. The molecule has 3 aromatic rings. The van der Waals surface area contributed by atoms with Crippen molar-refractivity contribution in [3.8, 4) is 16.9 Å². The minimum absolute atomic E-state index is 0.122. The molecule has 120 valence electrons. The van der Waals surface area contributed by atoms with E-state index in [0.717, 1.165) is 22.2 Å². The first-order valence-electron chi connectivity index (χ1n) is 7.47. The van der Waals surface area contributed by atoms with E-state index < -0.39 is 5.82 Å². The van der Waals surface area contributed by atoms with Gasteiger partial charge in [-0.15, -0.1) is 11.3 Å². The van der Waals surface area contributed by atoms with Gasteiger partial charge >= 0.3 is 0 Å². The van der Waals surface area contributed by atoms with Crippen LogP contribution in [-0.2, 0) is 0 Å². The molecule has 0 amide bonds. The highest BCUT2D eigenvalue weighted by Gasteiger charge is 2.25. The molecule has 1 aliphatic heterocycles. The Bertz CT molecular complexity index is 947. The Morgan fingerprint density at radius 2 is 1.79 bits per heavy atom. The summed E-state index contributed by atoms with van der Waals surface area (Å²) in [6.07, 6.45) is 0. The van der Waals surface area contributed by atoms with Crippen LogP contribution in [0.25, 0.3) is 22.5 Å². The van der Waals surface area contributed by atoms with Crippen LogP contribution in [-0.4, -0.2) is 16.8 Å². The average molecular weight is 339 g/mol. The highest BCUT2D eigenvalue weighted by Crippen LogP contribution is 2.45. The van der Waals surface area contributed by atoms with Gasteiger partial charge in [0.2, 0.25) is 0 Å². The summed E-state index contributed by atoms with van der Waals surface area (Å²) in [5.41, 5.74) is 3.28. The molecule has 4 rings (SSSR count). The summed E-state index contributed by atoms with van der Waals surface area (Å²) in [5.74, 6) is -0.475. The molecule has 3 nitrogen and oxygen atoms in total. The van der Waals surface area contributed by atoms with Gasteiger partial charge in [0.1, 0.15) is 22.3 Å². The number of fused-ring (bicyclic) bond motifs is 1. The van der Waals surface area contributed by atoms with Crippen LogP contribution in [0.2, 0.25) is 0 Å². The van der Waals surface area contributed by atoms with E-state index in [1.807, 2.05) is 35.7 Å². The van der Waals surface area contributed by atoms with E-state index in [2.05, 4.69) is 5.32 Å². The summed E-state index contributed by atoms with van der Waals surface area (Å²) >= 11 is 1.43. The van der Waals surface area contributed by atoms with E-state index in [0.29, 0.717) is 23.2 Å². The SMILES string of the molecule is OC1=C(c2ccccc2)CNc2scc(-c3ccc(O)cc3F)c21. The molecule has 2 heterocycles. The maximum Gasteiger partial charge on any atom is 0.134 e. The summed E-state index contributed by atoms with van der Waals surface area (Å²) in [6, 6.07) is 13.7. The van der Waals surface area contributed by atoms with E-state index in [-0.39, 0.29) is 11.5 Å². The monoisotopic (exact) mass is 339 g/mol. The molecular weight excluding hydrogens is 325 g/mol. The number of thiophene rings is 1. The van der Waals surface area contributed by atoms with Gasteiger partial charge in [-0.1, -0.05) is 30.3 Å². The molecule has 0 radical (unpaired) electrons. The van der Waals surface area contributed by atoms with Crippen LogP contribution in [0.15, 0.2) is 53.9 Å². The number of benzene rings is 2. The summed E-state index contributed by atoms with van der Waals surface area (Å²) in [6.45, 7) is 0.515. The van der Waals surface area contributed by atoms with Crippen molar-refractivity contribution in [2.45, 2.75) is 0 Å². The van der Waals surface area contributed by atoms with Crippen molar-refractivity contribution in [2.75, 3.05) is 11.9 Å². The number of phenols is 1. The van der Waals surface area contributed by atoms with E-state index in [4.69, 9.17) is 0 Å².